The highest BCUT2D eigenvalue weighted by Crippen LogP contribution is 2.24. The fourth-order valence-corrected chi connectivity index (χ4v) is 2.13. The Morgan fingerprint density at radius 1 is 1.15 bits per heavy atom. The molecule has 0 aromatic heterocycles. The Labute approximate surface area is 123 Å². The third kappa shape index (κ3) is 3.79. The summed E-state index contributed by atoms with van der Waals surface area (Å²) in [4.78, 5) is 0. The van der Waals surface area contributed by atoms with E-state index in [-0.39, 0.29) is 24.6 Å². The van der Waals surface area contributed by atoms with Crippen LogP contribution in [0.1, 0.15) is 24.2 Å². The Bertz CT molecular complexity index is 557. The van der Waals surface area contributed by atoms with Crippen LogP contribution in [0.15, 0.2) is 48.5 Å². The van der Waals surface area contributed by atoms with Gasteiger partial charge in [0.1, 0.15) is 5.82 Å². The molecular formula is C16H17ClFNO. The molecule has 2 aromatic carbocycles. The van der Waals surface area contributed by atoms with Crippen molar-refractivity contribution in [1.82, 2.24) is 0 Å². The third-order valence-corrected chi connectivity index (χ3v) is 3.30. The predicted octanol–water partition coefficient (Wildman–Crippen LogP) is 4.08. The van der Waals surface area contributed by atoms with Gasteiger partial charge in [-0.3, -0.25) is 0 Å². The van der Waals surface area contributed by atoms with Crippen LogP contribution < -0.4 is 5.73 Å². The summed E-state index contributed by atoms with van der Waals surface area (Å²) < 4.78 is 19.4. The van der Waals surface area contributed by atoms with Crippen LogP contribution in [0.3, 0.4) is 0 Å². The van der Waals surface area contributed by atoms with E-state index in [9.17, 15) is 4.39 Å². The average Bonchev–Trinajstić information content (AvgIpc) is 2.42. The topological polar surface area (TPSA) is 35.2 Å². The van der Waals surface area contributed by atoms with Gasteiger partial charge in [0.05, 0.1) is 12.7 Å². The highest BCUT2D eigenvalue weighted by atomic mass is 35.5. The first-order valence-electron chi connectivity index (χ1n) is 6.44. The second-order valence-electron chi connectivity index (χ2n) is 4.73. The Balaban J connectivity index is 2.11. The van der Waals surface area contributed by atoms with Gasteiger partial charge in [0.15, 0.2) is 0 Å². The van der Waals surface area contributed by atoms with Crippen LogP contribution in [0.25, 0.3) is 0 Å². The molecule has 4 heteroatoms. The number of ether oxygens (including phenoxy) is 1. The van der Waals surface area contributed by atoms with E-state index in [2.05, 4.69) is 0 Å². The summed E-state index contributed by atoms with van der Waals surface area (Å²) in [5, 5.41) is 0.659. The molecule has 0 bridgehead atoms. The van der Waals surface area contributed by atoms with Crippen molar-refractivity contribution in [3.63, 3.8) is 0 Å². The van der Waals surface area contributed by atoms with Gasteiger partial charge < -0.3 is 10.5 Å². The first-order valence-corrected chi connectivity index (χ1v) is 6.82. The Kier molecular flexibility index (Phi) is 5.12. The second kappa shape index (κ2) is 6.84. The van der Waals surface area contributed by atoms with E-state index in [4.69, 9.17) is 22.1 Å². The molecule has 0 amide bonds. The number of halogens is 2. The van der Waals surface area contributed by atoms with Gasteiger partial charge in [-0.15, -0.1) is 0 Å². The molecule has 0 aliphatic heterocycles. The first kappa shape index (κ1) is 15.0. The normalized spacial score (nSPS) is 14.0. The lowest BCUT2D eigenvalue weighted by Crippen LogP contribution is -2.27. The van der Waals surface area contributed by atoms with Crippen LogP contribution in [0.5, 0.6) is 0 Å². The number of hydrogen-bond acceptors (Lipinski definition) is 2. The van der Waals surface area contributed by atoms with Crippen molar-refractivity contribution in [3.8, 4) is 0 Å². The second-order valence-corrected chi connectivity index (χ2v) is 5.17. The zero-order valence-corrected chi connectivity index (χ0v) is 12.0. The lowest BCUT2D eigenvalue weighted by molar-refractivity contribution is 0.0245. The molecule has 0 aliphatic rings. The summed E-state index contributed by atoms with van der Waals surface area (Å²) in [6.07, 6.45) is -0.299. The highest BCUT2D eigenvalue weighted by Gasteiger charge is 2.17. The molecule has 0 heterocycles. The van der Waals surface area contributed by atoms with Gasteiger partial charge in [0.25, 0.3) is 0 Å². The van der Waals surface area contributed by atoms with E-state index in [1.54, 1.807) is 30.3 Å². The number of nitrogens with two attached hydrogens (primary N) is 1. The molecule has 20 heavy (non-hydrogen) atoms. The molecule has 2 atom stereocenters. The van der Waals surface area contributed by atoms with E-state index < -0.39 is 0 Å². The van der Waals surface area contributed by atoms with E-state index in [1.165, 1.54) is 6.07 Å². The molecule has 2 unspecified atom stereocenters. The standard InChI is InChI=1S/C16H17ClFNO/c1-11(19)16(12-6-8-14(17)9-7-12)20-10-13-4-2-3-5-15(13)18/h2-9,11,16H,10,19H2,1H3. The number of hydrogen-bond donors (Lipinski definition) is 1. The summed E-state index contributed by atoms with van der Waals surface area (Å²) in [7, 11) is 0. The molecule has 0 aliphatic carbocycles. The van der Waals surface area contributed by atoms with Crippen LogP contribution >= 0.6 is 11.6 Å². The van der Waals surface area contributed by atoms with Crippen molar-refractivity contribution in [2.24, 2.45) is 5.73 Å². The van der Waals surface area contributed by atoms with Crippen molar-refractivity contribution >= 4 is 11.6 Å². The summed E-state index contributed by atoms with van der Waals surface area (Å²) in [6, 6.07) is 13.7. The van der Waals surface area contributed by atoms with E-state index >= 15 is 0 Å². The van der Waals surface area contributed by atoms with Crippen molar-refractivity contribution in [2.75, 3.05) is 0 Å². The maximum atomic E-state index is 13.6. The smallest absolute Gasteiger partial charge is 0.128 e. The summed E-state index contributed by atoms with van der Waals surface area (Å²) in [5.74, 6) is -0.271. The molecule has 2 rings (SSSR count). The molecule has 0 radical (unpaired) electrons. The minimum absolute atomic E-state index is 0.182. The number of rotatable bonds is 5. The molecule has 2 N–H and O–H groups in total. The van der Waals surface area contributed by atoms with Gasteiger partial charge in [-0.05, 0) is 30.7 Å². The monoisotopic (exact) mass is 293 g/mol. The first-order chi connectivity index (χ1) is 9.58. The highest BCUT2D eigenvalue weighted by molar-refractivity contribution is 6.30. The van der Waals surface area contributed by atoms with Gasteiger partial charge >= 0.3 is 0 Å². The molecule has 2 nitrogen and oxygen atoms in total. The predicted molar refractivity (Wildman–Crippen MR) is 79.0 cm³/mol. The van der Waals surface area contributed by atoms with Gasteiger partial charge in [-0.2, -0.15) is 0 Å². The molecular weight excluding hydrogens is 277 g/mol. The quantitative estimate of drug-likeness (QED) is 0.901. The molecule has 2 aromatic rings. The Hall–Kier alpha value is -1.42. The Morgan fingerprint density at radius 3 is 2.40 bits per heavy atom. The minimum atomic E-state index is -0.299. The zero-order chi connectivity index (χ0) is 14.5. The average molecular weight is 294 g/mol. The fourth-order valence-electron chi connectivity index (χ4n) is 2.00. The molecule has 106 valence electrons. The SMILES string of the molecule is CC(N)C(OCc1ccccc1F)c1ccc(Cl)cc1. The third-order valence-electron chi connectivity index (χ3n) is 3.05. The molecule has 0 fully saturated rings. The van der Waals surface area contributed by atoms with Gasteiger partial charge in [-0.25, -0.2) is 4.39 Å². The maximum Gasteiger partial charge on any atom is 0.128 e. The van der Waals surface area contributed by atoms with Crippen molar-refractivity contribution < 1.29 is 9.13 Å². The molecule has 0 saturated carbocycles. The van der Waals surface area contributed by atoms with E-state index in [0.29, 0.717) is 10.6 Å². The van der Waals surface area contributed by atoms with Crippen LogP contribution in [0, 0.1) is 5.82 Å². The largest absolute Gasteiger partial charge is 0.367 e. The summed E-state index contributed by atoms with van der Waals surface area (Å²) in [6.45, 7) is 2.04. The number of benzene rings is 2. The van der Waals surface area contributed by atoms with E-state index in [0.717, 1.165) is 5.56 Å². The fraction of sp³-hybridized carbons (Fsp3) is 0.250. The van der Waals surface area contributed by atoms with Crippen molar-refractivity contribution in [3.05, 3.63) is 70.5 Å². The molecule has 0 saturated heterocycles. The molecule has 0 spiro atoms. The zero-order valence-electron chi connectivity index (χ0n) is 11.2. The van der Waals surface area contributed by atoms with Gasteiger partial charge in [0.2, 0.25) is 0 Å². The van der Waals surface area contributed by atoms with Crippen molar-refractivity contribution in [2.45, 2.75) is 25.7 Å². The summed E-state index contributed by atoms with van der Waals surface area (Å²) in [5.41, 5.74) is 7.41. The minimum Gasteiger partial charge on any atom is -0.367 e. The maximum absolute atomic E-state index is 13.6. The van der Waals surface area contributed by atoms with Crippen molar-refractivity contribution in [1.29, 1.82) is 0 Å². The van der Waals surface area contributed by atoms with E-state index in [1.807, 2.05) is 19.1 Å². The Morgan fingerprint density at radius 2 is 1.80 bits per heavy atom. The van der Waals surface area contributed by atoms with Crippen LogP contribution in [0.2, 0.25) is 5.02 Å². The van der Waals surface area contributed by atoms with Gasteiger partial charge in [0, 0.05) is 16.6 Å². The van der Waals surface area contributed by atoms with Gasteiger partial charge in [-0.1, -0.05) is 41.9 Å². The van der Waals surface area contributed by atoms with Crippen LogP contribution in [-0.4, -0.2) is 6.04 Å². The lowest BCUT2D eigenvalue weighted by atomic mass is 10.0. The lowest BCUT2D eigenvalue weighted by Gasteiger charge is -2.22. The van der Waals surface area contributed by atoms with Crippen LogP contribution in [-0.2, 0) is 11.3 Å². The summed E-state index contributed by atoms with van der Waals surface area (Å²) >= 11 is 5.87. The van der Waals surface area contributed by atoms with Crippen LogP contribution in [0.4, 0.5) is 4.39 Å².